The van der Waals surface area contributed by atoms with Gasteiger partial charge >= 0.3 is 0 Å². The predicted octanol–water partition coefficient (Wildman–Crippen LogP) is 2.33. The highest BCUT2D eigenvalue weighted by Crippen LogP contribution is 2.26. The Kier molecular flexibility index (Phi) is 5.39. The number of aryl methyl sites for hydroxylation is 1. The van der Waals surface area contributed by atoms with E-state index in [4.69, 9.17) is 0 Å². The number of nitrogens with zero attached hydrogens (tertiary/aromatic N) is 1. The summed E-state index contributed by atoms with van der Waals surface area (Å²) >= 11 is 0. The van der Waals surface area contributed by atoms with Gasteiger partial charge in [-0.25, -0.2) is 8.42 Å². The molecule has 0 saturated heterocycles. The molecule has 0 radical (unpaired) electrons. The molecule has 0 bridgehead atoms. The quantitative estimate of drug-likeness (QED) is 0.883. The monoisotopic (exact) mass is 332 g/mol. The number of benzene rings is 2. The Morgan fingerprint density at radius 1 is 1.04 bits per heavy atom. The van der Waals surface area contributed by atoms with E-state index in [-0.39, 0.29) is 17.3 Å². The molecule has 1 amide bonds. The van der Waals surface area contributed by atoms with E-state index in [1.54, 1.807) is 37.3 Å². The van der Waals surface area contributed by atoms with E-state index >= 15 is 0 Å². The van der Waals surface area contributed by atoms with Crippen molar-refractivity contribution in [1.82, 2.24) is 5.32 Å². The fourth-order valence-electron chi connectivity index (χ4n) is 2.25. The van der Waals surface area contributed by atoms with Gasteiger partial charge in [0.1, 0.15) is 6.54 Å². The molecule has 0 spiro atoms. The topological polar surface area (TPSA) is 66.5 Å². The Labute approximate surface area is 137 Å². The third kappa shape index (κ3) is 3.90. The van der Waals surface area contributed by atoms with Crippen molar-refractivity contribution in [3.05, 3.63) is 60.2 Å². The highest BCUT2D eigenvalue weighted by molar-refractivity contribution is 7.92. The van der Waals surface area contributed by atoms with Gasteiger partial charge in [0.2, 0.25) is 5.91 Å². The molecular formula is C17H20N2O3S. The first-order valence-corrected chi connectivity index (χ1v) is 8.81. The van der Waals surface area contributed by atoms with Gasteiger partial charge in [-0.1, -0.05) is 36.4 Å². The fraction of sp³-hybridized carbons (Fsp3) is 0.235. The molecule has 0 atom stereocenters. The van der Waals surface area contributed by atoms with Crippen LogP contribution in [0, 0.1) is 6.92 Å². The van der Waals surface area contributed by atoms with Crippen LogP contribution in [0.1, 0.15) is 12.5 Å². The number of hydrogen-bond donors (Lipinski definition) is 1. The van der Waals surface area contributed by atoms with Gasteiger partial charge in [-0.2, -0.15) is 0 Å². The van der Waals surface area contributed by atoms with Crippen LogP contribution in [-0.4, -0.2) is 27.4 Å². The maximum Gasteiger partial charge on any atom is 0.264 e. The second kappa shape index (κ2) is 7.28. The molecular weight excluding hydrogens is 312 g/mol. The Morgan fingerprint density at radius 3 is 2.26 bits per heavy atom. The number of rotatable bonds is 6. The predicted molar refractivity (Wildman–Crippen MR) is 90.8 cm³/mol. The molecule has 23 heavy (non-hydrogen) atoms. The van der Waals surface area contributed by atoms with E-state index in [2.05, 4.69) is 5.32 Å². The molecule has 2 rings (SSSR count). The Balaban J connectivity index is 2.50. The van der Waals surface area contributed by atoms with E-state index in [9.17, 15) is 13.2 Å². The lowest BCUT2D eigenvalue weighted by atomic mass is 10.2. The van der Waals surface area contributed by atoms with Crippen LogP contribution >= 0.6 is 0 Å². The second-order valence-electron chi connectivity index (χ2n) is 5.06. The highest BCUT2D eigenvalue weighted by atomic mass is 32.2. The van der Waals surface area contributed by atoms with Crippen molar-refractivity contribution in [2.45, 2.75) is 18.7 Å². The molecule has 6 heteroatoms. The molecule has 0 aliphatic heterocycles. The average Bonchev–Trinajstić information content (AvgIpc) is 2.54. The fourth-order valence-corrected chi connectivity index (χ4v) is 3.75. The average molecular weight is 332 g/mol. The zero-order chi connectivity index (χ0) is 16.9. The van der Waals surface area contributed by atoms with Crippen molar-refractivity contribution in [3.8, 4) is 0 Å². The molecule has 0 aromatic heterocycles. The van der Waals surface area contributed by atoms with E-state index in [0.29, 0.717) is 12.2 Å². The molecule has 1 N–H and O–H groups in total. The summed E-state index contributed by atoms with van der Waals surface area (Å²) in [6, 6.07) is 15.2. The largest absolute Gasteiger partial charge is 0.355 e. The van der Waals surface area contributed by atoms with Crippen molar-refractivity contribution in [1.29, 1.82) is 0 Å². The number of amides is 1. The van der Waals surface area contributed by atoms with Crippen LogP contribution in [0.3, 0.4) is 0 Å². The standard InChI is InChI=1S/C17H20N2O3S/c1-3-18-17(20)13-19(16-12-8-7-9-14(16)2)23(21,22)15-10-5-4-6-11-15/h4-12H,3,13H2,1-2H3,(H,18,20). The van der Waals surface area contributed by atoms with E-state index < -0.39 is 10.0 Å². The van der Waals surface area contributed by atoms with E-state index in [0.717, 1.165) is 9.87 Å². The van der Waals surface area contributed by atoms with Gasteiger partial charge in [0.15, 0.2) is 0 Å². The van der Waals surface area contributed by atoms with Gasteiger partial charge in [0.25, 0.3) is 10.0 Å². The zero-order valence-corrected chi connectivity index (χ0v) is 14.0. The van der Waals surface area contributed by atoms with Crippen molar-refractivity contribution in [2.75, 3.05) is 17.4 Å². The summed E-state index contributed by atoms with van der Waals surface area (Å²) in [5.74, 6) is -0.338. The number of anilines is 1. The van der Waals surface area contributed by atoms with Gasteiger partial charge in [0, 0.05) is 6.54 Å². The van der Waals surface area contributed by atoms with Crippen LogP contribution in [0.2, 0.25) is 0 Å². The molecule has 0 unspecified atom stereocenters. The molecule has 5 nitrogen and oxygen atoms in total. The molecule has 0 fully saturated rings. The third-order valence-electron chi connectivity index (χ3n) is 3.38. The molecule has 0 heterocycles. The summed E-state index contributed by atoms with van der Waals surface area (Å²) in [5, 5.41) is 2.64. The lowest BCUT2D eigenvalue weighted by molar-refractivity contribution is -0.119. The molecule has 0 aliphatic carbocycles. The minimum absolute atomic E-state index is 0.160. The lowest BCUT2D eigenvalue weighted by Crippen LogP contribution is -2.41. The van der Waals surface area contributed by atoms with Crippen LogP contribution in [-0.2, 0) is 14.8 Å². The summed E-state index contributed by atoms with van der Waals surface area (Å²) in [6.45, 7) is 3.81. The van der Waals surface area contributed by atoms with E-state index in [1.165, 1.54) is 12.1 Å². The van der Waals surface area contributed by atoms with Crippen molar-refractivity contribution in [3.63, 3.8) is 0 Å². The SMILES string of the molecule is CCNC(=O)CN(c1ccccc1C)S(=O)(=O)c1ccccc1. The van der Waals surface area contributed by atoms with Gasteiger partial charge in [-0.05, 0) is 37.6 Å². The maximum atomic E-state index is 13.0. The van der Waals surface area contributed by atoms with Crippen molar-refractivity contribution >= 4 is 21.6 Å². The first-order valence-electron chi connectivity index (χ1n) is 7.37. The molecule has 0 aliphatic rings. The highest BCUT2D eigenvalue weighted by Gasteiger charge is 2.27. The van der Waals surface area contributed by atoms with Gasteiger partial charge in [-0.3, -0.25) is 9.10 Å². The summed E-state index contributed by atoms with van der Waals surface area (Å²) in [7, 11) is -3.82. The summed E-state index contributed by atoms with van der Waals surface area (Å²) in [6.07, 6.45) is 0. The van der Waals surface area contributed by atoms with Gasteiger partial charge in [-0.15, -0.1) is 0 Å². The third-order valence-corrected chi connectivity index (χ3v) is 5.15. The first-order chi connectivity index (χ1) is 11.0. The van der Waals surface area contributed by atoms with Gasteiger partial charge < -0.3 is 5.32 Å². The van der Waals surface area contributed by atoms with Crippen molar-refractivity contribution < 1.29 is 13.2 Å². The van der Waals surface area contributed by atoms with Crippen LogP contribution in [0.25, 0.3) is 0 Å². The molecule has 0 saturated carbocycles. The minimum atomic E-state index is -3.82. The van der Waals surface area contributed by atoms with Crippen LogP contribution in [0.15, 0.2) is 59.5 Å². The lowest BCUT2D eigenvalue weighted by Gasteiger charge is -2.25. The van der Waals surface area contributed by atoms with Crippen LogP contribution < -0.4 is 9.62 Å². The number of likely N-dealkylation sites (N-methyl/N-ethyl adjacent to an activating group) is 1. The Hall–Kier alpha value is -2.34. The number of carbonyl (C=O) groups is 1. The number of hydrogen-bond acceptors (Lipinski definition) is 3. The number of carbonyl (C=O) groups excluding carboxylic acids is 1. The molecule has 2 aromatic rings. The number of nitrogens with one attached hydrogen (secondary N) is 1. The normalized spacial score (nSPS) is 11.0. The molecule has 122 valence electrons. The van der Waals surface area contributed by atoms with Crippen LogP contribution in [0.4, 0.5) is 5.69 Å². The molecule has 2 aromatic carbocycles. The summed E-state index contributed by atoms with van der Waals surface area (Å²) < 4.78 is 27.1. The zero-order valence-electron chi connectivity index (χ0n) is 13.2. The van der Waals surface area contributed by atoms with Crippen molar-refractivity contribution in [2.24, 2.45) is 0 Å². The van der Waals surface area contributed by atoms with Crippen LogP contribution in [0.5, 0.6) is 0 Å². The number of sulfonamides is 1. The summed E-state index contributed by atoms with van der Waals surface area (Å²) in [4.78, 5) is 12.2. The van der Waals surface area contributed by atoms with Gasteiger partial charge in [0.05, 0.1) is 10.6 Å². The Bertz CT molecular complexity index is 773. The minimum Gasteiger partial charge on any atom is -0.355 e. The first kappa shape index (κ1) is 17.0. The van der Waals surface area contributed by atoms with E-state index in [1.807, 2.05) is 19.1 Å². The Morgan fingerprint density at radius 2 is 1.65 bits per heavy atom. The summed E-state index contributed by atoms with van der Waals surface area (Å²) in [5.41, 5.74) is 1.29. The number of para-hydroxylation sites is 1. The maximum absolute atomic E-state index is 13.0. The second-order valence-corrected chi connectivity index (χ2v) is 6.93. The smallest absolute Gasteiger partial charge is 0.264 e.